The van der Waals surface area contributed by atoms with Gasteiger partial charge in [0.25, 0.3) is 0 Å². The third-order valence-corrected chi connectivity index (χ3v) is 3.27. The van der Waals surface area contributed by atoms with Gasteiger partial charge in [-0.2, -0.15) is 11.8 Å². The van der Waals surface area contributed by atoms with Crippen molar-refractivity contribution >= 4 is 29.0 Å². The molecule has 88 valence electrons. The predicted molar refractivity (Wildman–Crippen MR) is 75.4 cm³/mol. The highest BCUT2D eigenvalue weighted by atomic mass is 32.2. The Bertz CT molecular complexity index is 324. The maximum Gasteiger partial charge on any atom is 0.119 e. The van der Waals surface area contributed by atoms with E-state index in [-0.39, 0.29) is 0 Å². The van der Waals surface area contributed by atoms with Gasteiger partial charge in [0.05, 0.1) is 6.61 Å². The van der Waals surface area contributed by atoms with Crippen molar-refractivity contribution in [2.75, 3.05) is 18.1 Å². The van der Waals surface area contributed by atoms with E-state index in [1.807, 2.05) is 36.0 Å². The van der Waals surface area contributed by atoms with Gasteiger partial charge in [-0.05, 0) is 42.2 Å². The fourth-order valence-corrected chi connectivity index (χ4v) is 1.96. The van der Waals surface area contributed by atoms with Crippen molar-refractivity contribution in [1.29, 1.82) is 0 Å². The summed E-state index contributed by atoms with van der Waals surface area (Å²) in [7, 11) is 0. The smallest absolute Gasteiger partial charge is 0.119 e. The SMILES string of the molecule is CCSCCCOc1ccc(C(N)=S)cc1. The van der Waals surface area contributed by atoms with Crippen LogP contribution in [0.1, 0.15) is 18.9 Å². The standard InChI is InChI=1S/C12H17NOS2/c1-2-16-9-3-8-14-11-6-4-10(5-7-11)12(13)15/h4-7H,2-3,8-9H2,1H3,(H2,13,15). The number of thiocarbonyl (C=S) groups is 1. The summed E-state index contributed by atoms with van der Waals surface area (Å²) in [6, 6.07) is 7.58. The van der Waals surface area contributed by atoms with Gasteiger partial charge >= 0.3 is 0 Å². The molecule has 0 bridgehead atoms. The largest absolute Gasteiger partial charge is 0.494 e. The van der Waals surface area contributed by atoms with E-state index in [9.17, 15) is 0 Å². The Hall–Kier alpha value is -0.740. The second-order valence-corrected chi connectivity index (χ2v) is 5.12. The number of hydrogen-bond acceptors (Lipinski definition) is 3. The van der Waals surface area contributed by atoms with Gasteiger partial charge in [-0.15, -0.1) is 0 Å². The fraction of sp³-hybridized carbons (Fsp3) is 0.417. The lowest BCUT2D eigenvalue weighted by Crippen LogP contribution is -2.08. The molecule has 0 spiro atoms. The van der Waals surface area contributed by atoms with Crippen LogP contribution in [0.5, 0.6) is 5.75 Å². The van der Waals surface area contributed by atoms with Crippen LogP contribution in [-0.2, 0) is 0 Å². The van der Waals surface area contributed by atoms with Gasteiger partial charge in [-0.25, -0.2) is 0 Å². The molecular weight excluding hydrogens is 238 g/mol. The summed E-state index contributed by atoms with van der Waals surface area (Å²) in [6.45, 7) is 2.93. The minimum absolute atomic E-state index is 0.422. The van der Waals surface area contributed by atoms with E-state index < -0.39 is 0 Å². The molecule has 4 heteroatoms. The van der Waals surface area contributed by atoms with Crippen LogP contribution >= 0.6 is 24.0 Å². The molecule has 1 rings (SSSR count). The minimum Gasteiger partial charge on any atom is -0.494 e. The Balaban J connectivity index is 2.29. The Labute approximate surface area is 107 Å². The van der Waals surface area contributed by atoms with Gasteiger partial charge in [0.2, 0.25) is 0 Å². The molecule has 2 N–H and O–H groups in total. The maximum atomic E-state index is 5.59. The van der Waals surface area contributed by atoms with Crippen LogP contribution in [0.4, 0.5) is 0 Å². The van der Waals surface area contributed by atoms with Crippen LogP contribution in [0, 0.1) is 0 Å². The van der Waals surface area contributed by atoms with Crippen molar-refractivity contribution in [2.45, 2.75) is 13.3 Å². The van der Waals surface area contributed by atoms with Gasteiger partial charge in [-0.3, -0.25) is 0 Å². The molecule has 2 nitrogen and oxygen atoms in total. The molecule has 0 aliphatic carbocycles. The number of rotatable bonds is 7. The molecule has 0 aromatic heterocycles. The van der Waals surface area contributed by atoms with Crippen LogP contribution in [0.15, 0.2) is 24.3 Å². The molecule has 0 heterocycles. The average Bonchev–Trinajstić information content (AvgIpc) is 2.29. The van der Waals surface area contributed by atoms with E-state index in [0.717, 1.165) is 30.1 Å². The highest BCUT2D eigenvalue weighted by Gasteiger charge is 1.97. The van der Waals surface area contributed by atoms with E-state index in [4.69, 9.17) is 22.7 Å². The fourth-order valence-electron chi connectivity index (χ4n) is 1.21. The summed E-state index contributed by atoms with van der Waals surface area (Å²) in [5.41, 5.74) is 6.39. The Kier molecular flexibility index (Phi) is 6.26. The van der Waals surface area contributed by atoms with Crippen molar-refractivity contribution < 1.29 is 4.74 Å². The van der Waals surface area contributed by atoms with Gasteiger partial charge < -0.3 is 10.5 Å². The van der Waals surface area contributed by atoms with E-state index in [0.29, 0.717) is 4.99 Å². The van der Waals surface area contributed by atoms with Crippen molar-refractivity contribution in [1.82, 2.24) is 0 Å². The van der Waals surface area contributed by atoms with Crippen molar-refractivity contribution in [3.05, 3.63) is 29.8 Å². The summed E-state index contributed by atoms with van der Waals surface area (Å²) >= 11 is 6.81. The molecule has 16 heavy (non-hydrogen) atoms. The molecule has 0 aliphatic heterocycles. The van der Waals surface area contributed by atoms with E-state index in [2.05, 4.69) is 6.92 Å². The zero-order chi connectivity index (χ0) is 11.8. The zero-order valence-electron chi connectivity index (χ0n) is 9.44. The minimum atomic E-state index is 0.422. The summed E-state index contributed by atoms with van der Waals surface area (Å²) < 4.78 is 5.59. The van der Waals surface area contributed by atoms with Gasteiger partial charge in [-0.1, -0.05) is 19.1 Å². The molecule has 0 unspecified atom stereocenters. The van der Waals surface area contributed by atoms with Gasteiger partial charge in [0, 0.05) is 5.56 Å². The first-order valence-electron chi connectivity index (χ1n) is 5.34. The van der Waals surface area contributed by atoms with Crippen LogP contribution in [0.3, 0.4) is 0 Å². The van der Waals surface area contributed by atoms with Crippen molar-refractivity contribution in [2.24, 2.45) is 5.73 Å². The number of benzene rings is 1. The van der Waals surface area contributed by atoms with Crippen LogP contribution in [-0.4, -0.2) is 23.1 Å². The highest BCUT2D eigenvalue weighted by molar-refractivity contribution is 7.99. The average molecular weight is 255 g/mol. The van der Waals surface area contributed by atoms with Gasteiger partial charge in [0.15, 0.2) is 0 Å². The van der Waals surface area contributed by atoms with Crippen molar-refractivity contribution in [3.63, 3.8) is 0 Å². The molecule has 1 aromatic carbocycles. The van der Waals surface area contributed by atoms with E-state index in [1.54, 1.807) is 0 Å². The third kappa shape index (κ3) is 4.86. The molecule has 0 radical (unpaired) electrons. The predicted octanol–water partition coefficient (Wildman–Crippen LogP) is 2.84. The first kappa shape index (κ1) is 13.3. The zero-order valence-corrected chi connectivity index (χ0v) is 11.1. The maximum absolute atomic E-state index is 5.59. The molecular formula is C12H17NOS2. The number of hydrogen-bond donors (Lipinski definition) is 1. The third-order valence-electron chi connectivity index (χ3n) is 2.04. The lowest BCUT2D eigenvalue weighted by atomic mass is 10.2. The normalized spacial score (nSPS) is 10.1. The first-order chi connectivity index (χ1) is 7.74. The number of thioether (sulfide) groups is 1. The second kappa shape index (κ2) is 7.52. The van der Waals surface area contributed by atoms with Crippen molar-refractivity contribution in [3.8, 4) is 5.75 Å². The quantitative estimate of drug-likeness (QED) is 0.600. The molecule has 0 fully saturated rings. The molecule has 0 saturated heterocycles. The summed E-state index contributed by atoms with van der Waals surface area (Å²) in [5, 5.41) is 0. The second-order valence-electron chi connectivity index (χ2n) is 3.29. The van der Waals surface area contributed by atoms with E-state index in [1.165, 1.54) is 5.75 Å². The molecule has 0 amide bonds. The molecule has 0 atom stereocenters. The summed E-state index contributed by atoms with van der Waals surface area (Å²) in [5.74, 6) is 3.20. The Morgan fingerprint density at radius 3 is 2.62 bits per heavy atom. The van der Waals surface area contributed by atoms with E-state index >= 15 is 0 Å². The topological polar surface area (TPSA) is 35.2 Å². The number of nitrogens with two attached hydrogens (primary N) is 1. The van der Waals surface area contributed by atoms with Gasteiger partial charge in [0.1, 0.15) is 10.7 Å². The first-order valence-corrected chi connectivity index (χ1v) is 6.90. The summed E-state index contributed by atoms with van der Waals surface area (Å²) in [6.07, 6.45) is 1.08. The highest BCUT2D eigenvalue weighted by Crippen LogP contribution is 2.12. The molecule has 0 aliphatic rings. The monoisotopic (exact) mass is 255 g/mol. The Morgan fingerprint density at radius 2 is 2.06 bits per heavy atom. The van der Waals surface area contributed by atoms with Crippen LogP contribution < -0.4 is 10.5 Å². The molecule has 1 aromatic rings. The van der Waals surface area contributed by atoms with Crippen LogP contribution in [0.2, 0.25) is 0 Å². The lowest BCUT2D eigenvalue weighted by Gasteiger charge is -2.06. The summed E-state index contributed by atoms with van der Waals surface area (Å²) in [4.78, 5) is 0.422. The Morgan fingerprint density at radius 1 is 1.38 bits per heavy atom. The lowest BCUT2D eigenvalue weighted by molar-refractivity contribution is 0.318. The van der Waals surface area contributed by atoms with Crippen LogP contribution in [0.25, 0.3) is 0 Å². The number of ether oxygens (including phenoxy) is 1. The molecule has 0 saturated carbocycles.